The average Bonchev–Trinajstić information content (AvgIpc) is 3.62. The third-order valence-corrected chi connectivity index (χ3v) is 9.19. The topological polar surface area (TPSA) is 85.7 Å². The first-order chi connectivity index (χ1) is 22.5. The van der Waals surface area contributed by atoms with Crippen molar-refractivity contribution in [2.24, 2.45) is 4.99 Å². The quantitative estimate of drug-likeness (QED) is 0.208. The van der Waals surface area contributed by atoms with Gasteiger partial charge in [0, 0.05) is 22.0 Å². The maximum Gasteiger partial charge on any atom is 0.338 e. The lowest BCUT2D eigenvalue weighted by Gasteiger charge is -2.26. The van der Waals surface area contributed by atoms with Crippen LogP contribution >= 0.6 is 11.3 Å². The van der Waals surface area contributed by atoms with Crippen LogP contribution in [-0.4, -0.2) is 29.2 Å². The van der Waals surface area contributed by atoms with Crippen LogP contribution in [0, 0.1) is 6.92 Å². The molecular weight excluding hydrogens is 595 g/mol. The molecule has 7 nitrogen and oxygen atoms in total. The Morgan fingerprint density at radius 1 is 0.957 bits per heavy atom. The standard InChI is InChI=1S/C38H31N3O4S/c1-4-45-37(43)31-34(25-16-9-6-10-17-25)40-38-41(35(31)26-18-12-19-27(21-26)44-3)36(42)30(46-38)22-29-28-20-11-13-23(2)32(28)39-33(29)24-14-7-5-8-15-24/h5-22,35,39H,4H2,1-3H3/b30-22-/t35-/m0/s1. The summed E-state index contributed by atoms with van der Waals surface area (Å²) in [5, 5.41) is 1.02. The van der Waals surface area contributed by atoms with Gasteiger partial charge in [-0.1, -0.05) is 102 Å². The van der Waals surface area contributed by atoms with Gasteiger partial charge in [0.25, 0.3) is 5.56 Å². The van der Waals surface area contributed by atoms with Crippen molar-refractivity contribution in [2.45, 2.75) is 19.9 Å². The van der Waals surface area contributed by atoms with Crippen molar-refractivity contribution >= 4 is 40.0 Å². The number of para-hydroxylation sites is 1. The van der Waals surface area contributed by atoms with Crippen LogP contribution in [0.1, 0.15) is 35.2 Å². The van der Waals surface area contributed by atoms with Gasteiger partial charge >= 0.3 is 5.97 Å². The third kappa shape index (κ3) is 5.06. The zero-order valence-corrected chi connectivity index (χ0v) is 26.4. The van der Waals surface area contributed by atoms with Crippen LogP contribution in [0.2, 0.25) is 0 Å². The second-order valence-corrected chi connectivity index (χ2v) is 12.0. The molecule has 8 heteroatoms. The van der Waals surface area contributed by atoms with Crippen molar-refractivity contribution in [3.8, 4) is 17.0 Å². The fourth-order valence-electron chi connectivity index (χ4n) is 6.07. The fraction of sp³-hybridized carbons (Fsp3) is 0.132. The highest BCUT2D eigenvalue weighted by Gasteiger charge is 2.35. The number of H-pyrrole nitrogens is 1. The molecule has 0 amide bonds. The molecule has 1 N–H and O–H groups in total. The summed E-state index contributed by atoms with van der Waals surface area (Å²) in [5.74, 6) is 0.0911. The van der Waals surface area contributed by atoms with Gasteiger partial charge in [-0.15, -0.1) is 0 Å². The first-order valence-electron chi connectivity index (χ1n) is 15.1. The van der Waals surface area contributed by atoms with Crippen molar-refractivity contribution in [1.82, 2.24) is 9.55 Å². The van der Waals surface area contributed by atoms with Gasteiger partial charge in [0.2, 0.25) is 0 Å². The molecule has 3 heterocycles. The monoisotopic (exact) mass is 625 g/mol. The van der Waals surface area contributed by atoms with Gasteiger partial charge in [0.1, 0.15) is 5.75 Å². The number of rotatable bonds is 7. The summed E-state index contributed by atoms with van der Waals surface area (Å²) in [7, 11) is 1.59. The van der Waals surface area contributed by atoms with Crippen LogP contribution in [-0.2, 0) is 9.53 Å². The second-order valence-electron chi connectivity index (χ2n) is 11.0. The van der Waals surface area contributed by atoms with Crippen molar-refractivity contribution < 1.29 is 14.3 Å². The Kier molecular flexibility index (Phi) is 7.72. The van der Waals surface area contributed by atoms with E-state index in [2.05, 4.69) is 36.2 Å². The Labute approximate surface area is 269 Å². The lowest BCUT2D eigenvalue weighted by molar-refractivity contribution is -0.138. The number of benzene rings is 4. The summed E-state index contributed by atoms with van der Waals surface area (Å²) in [4.78, 5) is 37.5. The second kappa shape index (κ2) is 12.1. The molecule has 6 aromatic rings. The summed E-state index contributed by atoms with van der Waals surface area (Å²) in [6.45, 7) is 4.02. The number of aryl methyl sites for hydroxylation is 1. The minimum absolute atomic E-state index is 0.182. The van der Waals surface area contributed by atoms with Gasteiger partial charge < -0.3 is 14.5 Å². The van der Waals surface area contributed by atoms with Gasteiger partial charge in [-0.3, -0.25) is 9.36 Å². The molecule has 2 aromatic heterocycles. The van der Waals surface area contributed by atoms with Gasteiger partial charge in [-0.2, -0.15) is 0 Å². The van der Waals surface area contributed by atoms with Crippen LogP contribution in [0.4, 0.5) is 0 Å². The Bertz CT molecular complexity index is 2320. The van der Waals surface area contributed by atoms with Crippen LogP contribution in [0.15, 0.2) is 118 Å². The lowest BCUT2D eigenvalue weighted by atomic mass is 9.93. The first kappa shape index (κ1) is 29.3. The maximum atomic E-state index is 14.6. The number of carbonyl (C=O) groups is 1. The summed E-state index contributed by atoms with van der Waals surface area (Å²) >= 11 is 1.31. The van der Waals surface area contributed by atoms with E-state index in [0.717, 1.165) is 38.9 Å². The average molecular weight is 626 g/mol. The SMILES string of the molecule is CCOC(=O)C1=C(c2ccccc2)N=c2s/c(=C\c3c(-c4ccccc4)[nH]c4c(C)cccc34)c(=O)n2[C@H]1c1cccc(OC)c1. The van der Waals surface area contributed by atoms with E-state index < -0.39 is 12.0 Å². The Morgan fingerprint density at radius 3 is 2.39 bits per heavy atom. The largest absolute Gasteiger partial charge is 0.497 e. The molecule has 4 aromatic carbocycles. The molecule has 0 unspecified atom stereocenters. The minimum atomic E-state index is -0.790. The van der Waals surface area contributed by atoms with Crippen molar-refractivity contribution in [1.29, 1.82) is 0 Å². The molecule has 228 valence electrons. The van der Waals surface area contributed by atoms with Crippen LogP contribution in [0.3, 0.4) is 0 Å². The highest BCUT2D eigenvalue weighted by atomic mass is 32.1. The number of nitrogens with one attached hydrogen (secondary N) is 1. The number of ether oxygens (including phenoxy) is 2. The molecule has 1 aliphatic heterocycles. The van der Waals surface area contributed by atoms with E-state index >= 15 is 0 Å². The van der Waals surface area contributed by atoms with E-state index in [4.69, 9.17) is 14.5 Å². The molecular formula is C38H31N3O4S. The van der Waals surface area contributed by atoms with E-state index in [1.165, 1.54) is 11.3 Å². The normalized spacial score (nSPS) is 14.7. The van der Waals surface area contributed by atoms with E-state index in [1.807, 2.05) is 84.9 Å². The van der Waals surface area contributed by atoms with E-state index in [1.54, 1.807) is 18.6 Å². The zero-order chi connectivity index (χ0) is 31.8. The highest BCUT2D eigenvalue weighted by Crippen LogP contribution is 2.37. The number of carbonyl (C=O) groups excluding carboxylic acids is 1. The molecule has 1 atom stereocenters. The molecule has 0 bridgehead atoms. The van der Waals surface area contributed by atoms with Crippen molar-refractivity contribution in [2.75, 3.05) is 13.7 Å². The van der Waals surface area contributed by atoms with Gasteiger partial charge in [0.05, 0.1) is 41.3 Å². The molecule has 1 aliphatic rings. The summed E-state index contributed by atoms with van der Waals surface area (Å²) in [5.41, 5.74) is 7.00. The molecule has 0 fully saturated rings. The summed E-state index contributed by atoms with van der Waals surface area (Å²) in [6, 6.07) is 32.5. The van der Waals surface area contributed by atoms with Crippen LogP contribution in [0.5, 0.6) is 5.75 Å². The fourth-order valence-corrected chi connectivity index (χ4v) is 7.05. The van der Waals surface area contributed by atoms with Crippen LogP contribution < -0.4 is 19.6 Å². The van der Waals surface area contributed by atoms with Crippen LogP contribution in [0.25, 0.3) is 33.9 Å². The number of methoxy groups -OCH3 is 1. The number of thiazole rings is 1. The molecule has 0 aliphatic carbocycles. The number of hydrogen-bond acceptors (Lipinski definition) is 6. The molecule has 7 rings (SSSR count). The molecule has 0 spiro atoms. The zero-order valence-electron chi connectivity index (χ0n) is 25.6. The van der Waals surface area contributed by atoms with Gasteiger partial charge in [-0.25, -0.2) is 9.79 Å². The molecule has 0 saturated carbocycles. The number of nitrogens with zero attached hydrogens (tertiary/aromatic N) is 2. The number of hydrogen-bond donors (Lipinski definition) is 1. The predicted octanol–water partition coefficient (Wildman–Crippen LogP) is 6.40. The van der Waals surface area contributed by atoms with Gasteiger partial charge in [-0.05, 0) is 48.7 Å². The predicted molar refractivity (Wildman–Crippen MR) is 183 cm³/mol. The van der Waals surface area contributed by atoms with Crippen molar-refractivity contribution in [3.05, 3.63) is 151 Å². The van der Waals surface area contributed by atoms with Crippen molar-refractivity contribution in [3.63, 3.8) is 0 Å². The first-order valence-corrected chi connectivity index (χ1v) is 15.9. The highest BCUT2D eigenvalue weighted by molar-refractivity contribution is 7.07. The summed E-state index contributed by atoms with van der Waals surface area (Å²) in [6.07, 6.45) is 1.95. The van der Waals surface area contributed by atoms with Gasteiger partial charge in [0.15, 0.2) is 4.80 Å². The summed E-state index contributed by atoms with van der Waals surface area (Å²) < 4.78 is 13.3. The van der Waals surface area contributed by atoms with E-state index in [-0.39, 0.29) is 12.2 Å². The molecule has 0 saturated heterocycles. The number of esters is 1. The minimum Gasteiger partial charge on any atom is -0.497 e. The smallest absolute Gasteiger partial charge is 0.338 e. The maximum absolute atomic E-state index is 14.6. The molecule has 0 radical (unpaired) electrons. The molecule has 46 heavy (non-hydrogen) atoms. The number of aromatic nitrogens is 2. The third-order valence-electron chi connectivity index (χ3n) is 8.20. The van der Waals surface area contributed by atoms with E-state index in [0.29, 0.717) is 31.9 Å². The number of aromatic amines is 1. The van der Waals surface area contributed by atoms with E-state index in [9.17, 15) is 9.59 Å². The Balaban J connectivity index is 1.54. The Hall–Kier alpha value is -5.47. The lowest BCUT2D eigenvalue weighted by Crippen LogP contribution is -2.40. The number of fused-ring (bicyclic) bond motifs is 2. The Morgan fingerprint density at radius 2 is 1.67 bits per heavy atom.